The van der Waals surface area contributed by atoms with Gasteiger partial charge in [0.05, 0.1) is 38.0 Å². The van der Waals surface area contributed by atoms with Crippen molar-refractivity contribution in [3.8, 4) is 11.5 Å². The maximum absolute atomic E-state index is 5.08. The van der Waals surface area contributed by atoms with Gasteiger partial charge >= 0.3 is 17.1 Å². The molecule has 0 aliphatic carbocycles. The Hall–Kier alpha value is -2.72. The monoisotopic (exact) mass is 477 g/mol. The van der Waals surface area contributed by atoms with Gasteiger partial charge in [0.1, 0.15) is 11.5 Å². The van der Waals surface area contributed by atoms with Crippen LogP contribution in [-0.4, -0.2) is 37.0 Å². The number of nitrogens with one attached hydrogen (secondary N) is 2. The van der Waals surface area contributed by atoms with Crippen molar-refractivity contribution >= 4 is 59.4 Å². The summed E-state index contributed by atoms with van der Waals surface area (Å²) in [7, 11) is 3.20. The average Bonchev–Trinajstić information content (AvgIpc) is 2.71. The molecule has 29 heavy (non-hydrogen) atoms. The Morgan fingerprint density at radius 3 is 1.38 bits per heavy atom. The van der Waals surface area contributed by atoms with Crippen LogP contribution in [-0.2, 0) is 42.3 Å². The SMILES string of the molecule is COc1ccc(N=C([S-])N/N=C/C=N/NC([S-])=Nc2ccc(OC)cc2)cc1.[Cu+2]. The van der Waals surface area contributed by atoms with Crippen molar-refractivity contribution in [3.63, 3.8) is 0 Å². The molecule has 0 saturated carbocycles. The molecule has 11 heteroatoms. The molecule has 2 aromatic rings. The fourth-order valence-electron chi connectivity index (χ4n) is 1.85. The summed E-state index contributed by atoms with van der Waals surface area (Å²) in [6, 6.07) is 14.3. The first kappa shape index (κ1) is 24.3. The van der Waals surface area contributed by atoms with Gasteiger partial charge in [-0.3, -0.25) is 20.8 Å². The topological polar surface area (TPSA) is 92.0 Å². The summed E-state index contributed by atoms with van der Waals surface area (Å²) in [4.78, 5) is 8.37. The molecular weight excluding hydrogens is 460 g/mol. The Balaban J connectivity index is 0.00000420. The van der Waals surface area contributed by atoms with E-state index in [0.29, 0.717) is 11.4 Å². The van der Waals surface area contributed by atoms with Crippen LogP contribution in [0.15, 0.2) is 68.7 Å². The van der Waals surface area contributed by atoms with E-state index in [1.807, 2.05) is 0 Å². The zero-order chi connectivity index (χ0) is 20.2. The summed E-state index contributed by atoms with van der Waals surface area (Å²) >= 11 is 10.2. The van der Waals surface area contributed by atoms with Gasteiger partial charge in [-0.2, -0.15) is 10.2 Å². The standard InChI is InChI=1S/C18H20N6O2S2.Cu/c1-25-15-7-3-13(4-8-15)21-17(27)23-19-11-12-20-24-18(28)22-14-5-9-16(26-2)10-6-14;/h3-12H,1-2H3,(H2,21,23,27)(H2,22,24,28);/q;+2/p-2/b19-11+,20-12+;. The van der Waals surface area contributed by atoms with Crippen LogP contribution in [0.1, 0.15) is 0 Å². The minimum Gasteiger partial charge on any atom is -0.741 e. The molecule has 0 unspecified atom stereocenters. The Bertz CT molecular complexity index is 797. The first-order valence-electron chi connectivity index (χ1n) is 7.97. The molecule has 0 spiro atoms. The van der Waals surface area contributed by atoms with Gasteiger partial charge in [-0.1, -0.05) is 0 Å². The van der Waals surface area contributed by atoms with Crippen LogP contribution in [0.5, 0.6) is 11.5 Å². The number of nitrogens with zero attached hydrogens (tertiary/aromatic N) is 4. The van der Waals surface area contributed by atoms with Crippen molar-refractivity contribution in [1.82, 2.24) is 10.9 Å². The normalized spacial score (nSPS) is 11.9. The van der Waals surface area contributed by atoms with Crippen molar-refractivity contribution in [2.45, 2.75) is 0 Å². The smallest absolute Gasteiger partial charge is 0.741 e. The largest absolute Gasteiger partial charge is 2.00 e. The number of hydrogen-bond donors (Lipinski definition) is 2. The Labute approximate surface area is 190 Å². The number of benzene rings is 2. The van der Waals surface area contributed by atoms with Gasteiger partial charge in [-0.05, 0) is 48.5 Å². The molecule has 1 radical (unpaired) electrons. The molecule has 0 bridgehead atoms. The third-order valence-electron chi connectivity index (χ3n) is 3.14. The number of hydrazone groups is 2. The predicted molar refractivity (Wildman–Crippen MR) is 118 cm³/mol. The van der Waals surface area contributed by atoms with Crippen LogP contribution in [0.25, 0.3) is 0 Å². The van der Waals surface area contributed by atoms with E-state index in [1.165, 1.54) is 12.4 Å². The summed E-state index contributed by atoms with van der Waals surface area (Å²) in [5, 5.41) is 8.21. The van der Waals surface area contributed by atoms with Crippen LogP contribution in [0, 0.1) is 0 Å². The van der Waals surface area contributed by atoms with Crippen molar-refractivity contribution in [2.24, 2.45) is 20.2 Å². The van der Waals surface area contributed by atoms with Gasteiger partial charge in [0.15, 0.2) is 0 Å². The van der Waals surface area contributed by atoms with Gasteiger partial charge < -0.3 is 34.7 Å². The van der Waals surface area contributed by atoms with Gasteiger partial charge in [0.2, 0.25) is 0 Å². The third-order valence-corrected chi connectivity index (χ3v) is 3.51. The number of rotatable bonds is 7. The number of methoxy groups -OCH3 is 2. The van der Waals surface area contributed by atoms with E-state index in [0.717, 1.165) is 11.5 Å². The van der Waals surface area contributed by atoms with Gasteiger partial charge in [-0.15, -0.1) is 0 Å². The van der Waals surface area contributed by atoms with E-state index in [2.05, 4.69) is 31.0 Å². The maximum atomic E-state index is 5.08. The summed E-state index contributed by atoms with van der Waals surface area (Å²) in [5.41, 5.74) is 6.61. The Morgan fingerprint density at radius 1 is 0.724 bits per heavy atom. The fraction of sp³-hybridized carbons (Fsp3) is 0.111. The molecular formula is C18H18CuN6O2S2. The molecule has 155 valence electrons. The quantitative estimate of drug-likeness (QED) is 0.209. The second-order valence-electron chi connectivity index (χ2n) is 5.01. The second kappa shape index (κ2) is 13.5. The molecule has 8 nitrogen and oxygen atoms in total. The van der Waals surface area contributed by atoms with E-state index in [4.69, 9.17) is 34.7 Å². The van der Waals surface area contributed by atoms with Crippen LogP contribution < -0.4 is 20.3 Å². The van der Waals surface area contributed by atoms with Gasteiger partial charge in [-0.25, -0.2) is 0 Å². The van der Waals surface area contributed by atoms with Gasteiger partial charge in [0.25, 0.3) is 0 Å². The zero-order valence-corrected chi connectivity index (χ0v) is 18.1. The Morgan fingerprint density at radius 2 is 1.07 bits per heavy atom. The van der Waals surface area contributed by atoms with E-state index in [1.54, 1.807) is 62.8 Å². The molecule has 0 aromatic heterocycles. The average molecular weight is 478 g/mol. The number of hydrogen-bond acceptors (Lipinski definition) is 8. The second-order valence-corrected chi connectivity index (χ2v) is 5.78. The minimum atomic E-state index is 0. The van der Waals surface area contributed by atoms with Crippen molar-refractivity contribution in [1.29, 1.82) is 0 Å². The first-order valence-corrected chi connectivity index (χ1v) is 8.78. The van der Waals surface area contributed by atoms with Crippen molar-refractivity contribution in [2.75, 3.05) is 14.2 Å². The van der Waals surface area contributed by atoms with Crippen LogP contribution in [0.4, 0.5) is 11.4 Å². The van der Waals surface area contributed by atoms with Crippen molar-refractivity contribution < 1.29 is 26.5 Å². The van der Waals surface area contributed by atoms with Crippen LogP contribution >= 0.6 is 0 Å². The molecule has 0 fully saturated rings. The summed E-state index contributed by atoms with van der Waals surface area (Å²) in [6.07, 6.45) is 2.80. The predicted octanol–water partition coefficient (Wildman–Crippen LogP) is 2.62. The summed E-state index contributed by atoms with van der Waals surface area (Å²) in [6.45, 7) is 0. The Kier molecular flexibility index (Phi) is 11.3. The maximum Gasteiger partial charge on any atom is 2.00 e. The number of ether oxygens (including phenoxy) is 2. The molecule has 0 saturated heterocycles. The van der Waals surface area contributed by atoms with E-state index in [9.17, 15) is 0 Å². The molecule has 0 aliphatic heterocycles. The zero-order valence-electron chi connectivity index (χ0n) is 15.5. The summed E-state index contributed by atoms with van der Waals surface area (Å²) < 4.78 is 10.2. The van der Waals surface area contributed by atoms with E-state index >= 15 is 0 Å². The molecule has 0 heterocycles. The van der Waals surface area contributed by atoms with Crippen LogP contribution in [0.3, 0.4) is 0 Å². The molecule has 2 N–H and O–H groups in total. The third kappa shape index (κ3) is 9.35. The van der Waals surface area contributed by atoms with E-state index < -0.39 is 0 Å². The van der Waals surface area contributed by atoms with Crippen LogP contribution in [0.2, 0.25) is 0 Å². The molecule has 0 aliphatic rings. The molecule has 2 aromatic carbocycles. The fourth-order valence-corrected chi connectivity index (χ4v) is 2.17. The van der Waals surface area contributed by atoms with Crippen molar-refractivity contribution in [3.05, 3.63) is 48.5 Å². The summed E-state index contributed by atoms with van der Waals surface area (Å²) in [5.74, 6) is 1.49. The number of aliphatic imine (C=N–C) groups is 2. The van der Waals surface area contributed by atoms with Gasteiger partial charge in [0, 0.05) is 10.3 Å². The molecule has 0 amide bonds. The van der Waals surface area contributed by atoms with E-state index in [-0.39, 0.29) is 27.4 Å². The molecule has 2 rings (SSSR count). The number of amidine groups is 2. The minimum absolute atomic E-state index is 0. The molecule has 0 atom stereocenters. The first-order chi connectivity index (χ1) is 13.6.